The maximum Gasteiger partial charge on any atom is 0.237 e. The Hall–Kier alpha value is -2.60. The molecule has 1 aromatic heterocycles. The molecule has 2 aliphatic carbocycles. The van der Waals surface area contributed by atoms with Crippen LogP contribution in [0.3, 0.4) is 0 Å². The molecule has 0 fully saturated rings. The van der Waals surface area contributed by atoms with Crippen molar-refractivity contribution in [2.45, 2.75) is 31.7 Å². The second-order valence-corrected chi connectivity index (χ2v) is 6.43. The predicted molar refractivity (Wildman–Crippen MR) is 85.0 cm³/mol. The second-order valence-electron chi connectivity index (χ2n) is 6.43. The molecule has 1 unspecified atom stereocenters. The molecule has 6 nitrogen and oxygen atoms in total. The summed E-state index contributed by atoms with van der Waals surface area (Å²) in [6, 6.07) is 3.40. The summed E-state index contributed by atoms with van der Waals surface area (Å²) in [4.78, 5) is 36.6. The monoisotopic (exact) mass is 325 g/mol. The number of hydrogen-bond acceptors (Lipinski definition) is 6. The topological polar surface area (TPSA) is 96.9 Å². The zero-order valence-corrected chi connectivity index (χ0v) is 13.1. The molecule has 1 aromatic carbocycles. The Balaban J connectivity index is 2.05. The molecule has 0 spiro atoms. The van der Waals surface area contributed by atoms with Crippen molar-refractivity contribution < 1.29 is 19.1 Å². The molecule has 1 N–H and O–H groups in total. The maximum atomic E-state index is 12.7. The van der Waals surface area contributed by atoms with E-state index in [9.17, 15) is 19.6 Å². The van der Waals surface area contributed by atoms with E-state index in [-0.39, 0.29) is 0 Å². The number of benzene rings is 1. The van der Waals surface area contributed by atoms with E-state index in [4.69, 9.17) is 4.42 Å². The van der Waals surface area contributed by atoms with Crippen molar-refractivity contribution >= 4 is 11.6 Å². The summed E-state index contributed by atoms with van der Waals surface area (Å²) in [7, 11) is 0. The van der Waals surface area contributed by atoms with Crippen LogP contribution in [-0.2, 0) is 12.0 Å². The van der Waals surface area contributed by atoms with E-state index in [1.54, 1.807) is 19.1 Å². The van der Waals surface area contributed by atoms with Crippen molar-refractivity contribution in [1.82, 2.24) is 0 Å². The normalized spacial score (nSPS) is 21.9. The third-order valence-corrected chi connectivity index (χ3v) is 5.15. The molecule has 4 rings (SSSR count). The molecule has 2 aromatic rings. The van der Waals surface area contributed by atoms with Gasteiger partial charge in [0.05, 0.1) is 18.4 Å². The summed E-state index contributed by atoms with van der Waals surface area (Å²) in [5.74, 6) is -0.774. The summed E-state index contributed by atoms with van der Waals surface area (Å²) < 4.78 is 5.52. The van der Waals surface area contributed by atoms with E-state index in [0.29, 0.717) is 58.4 Å². The third-order valence-electron chi connectivity index (χ3n) is 5.15. The largest absolute Gasteiger partial charge is 0.463 e. The molecule has 24 heavy (non-hydrogen) atoms. The first-order chi connectivity index (χ1) is 11.5. The van der Waals surface area contributed by atoms with Gasteiger partial charge in [-0.05, 0) is 42.9 Å². The molecular formula is C18H15NO5. The Labute approximate surface area is 137 Å². The third kappa shape index (κ3) is 1.69. The number of nitrogens with zero attached hydrogens (tertiary/aromatic N) is 1. The Morgan fingerprint density at radius 3 is 2.71 bits per heavy atom. The number of nitroso groups, excluding NO2 is 1. The highest BCUT2D eigenvalue weighted by Gasteiger charge is 2.43. The van der Waals surface area contributed by atoms with Crippen LogP contribution in [0.2, 0.25) is 0 Å². The number of carbonyl (C=O) groups is 2. The van der Waals surface area contributed by atoms with Gasteiger partial charge in [0.25, 0.3) is 0 Å². The van der Waals surface area contributed by atoms with Gasteiger partial charge in [0.1, 0.15) is 5.76 Å². The fraction of sp³-hybridized carbons (Fsp3) is 0.333. The molecule has 0 saturated heterocycles. The Morgan fingerprint density at radius 2 is 2.00 bits per heavy atom. The van der Waals surface area contributed by atoms with E-state index in [0.717, 1.165) is 0 Å². The quantitative estimate of drug-likeness (QED) is 0.676. The fourth-order valence-electron chi connectivity index (χ4n) is 3.92. The fourth-order valence-corrected chi connectivity index (χ4v) is 3.92. The average Bonchev–Trinajstić information content (AvgIpc) is 3.00. The molecule has 0 bridgehead atoms. The minimum absolute atomic E-state index is 0.292. The van der Waals surface area contributed by atoms with Crippen LogP contribution in [0, 0.1) is 11.8 Å². The van der Waals surface area contributed by atoms with Gasteiger partial charge in [-0.3, -0.25) is 9.59 Å². The number of furan rings is 1. The summed E-state index contributed by atoms with van der Waals surface area (Å²) in [5, 5.41) is 12.9. The van der Waals surface area contributed by atoms with E-state index in [2.05, 4.69) is 5.18 Å². The molecule has 0 amide bonds. The van der Waals surface area contributed by atoms with Gasteiger partial charge in [-0.1, -0.05) is 17.3 Å². The highest BCUT2D eigenvalue weighted by Crippen LogP contribution is 2.45. The average molecular weight is 325 g/mol. The van der Waals surface area contributed by atoms with Crippen molar-refractivity contribution in [2.75, 3.05) is 6.61 Å². The second kappa shape index (κ2) is 4.95. The Kier molecular flexibility index (Phi) is 3.08. The van der Waals surface area contributed by atoms with Gasteiger partial charge in [0.15, 0.2) is 5.54 Å². The number of aliphatic hydroxyl groups excluding tert-OH is 1. The van der Waals surface area contributed by atoms with Gasteiger partial charge in [-0.15, -0.1) is 4.91 Å². The number of aryl methyl sites for hydroxylation is 1. The number of carbonyl (C=O) groups excluding carboxylic acids is 2. The van der Waals surface area contributed by atoms with E-state index in [1.807, 2.05) is 0 Å². The van der Waals surface area contributed by atoms with Crippen molar-refractivity contribution in [3.63, 3.8) is 0 Å². The molecular weight excluding hydrogens is 310 g/mol. The van der Waals surface area contributed by atoms with Crippen LogP contribution in [0.4, 0.5) is 0 Å². The van der Waals surface area contributed by atoms with Crippen LogP contribution in [0.25, 0.3) is 11.3 Å². The molecule has 0 radical (unpaired) electrons. The molecule has 122 valence electrons. The number of aliphatic hydroxyl groups is 1. The smallest absolute Gasteiger partial charge is 0.237 e. The number of rotatable bonds is 2. The van der Waals surface area contributed by atoms with Crippen LogP contribution in [-0.4, -0.2) is 23.3 Å². The lowest BCUT2D eigenvalue weighted by Crippen LogP contribution is -2.34. The lowest BCUT2D eigenvalue weighted by Gasteiger charge is -2.33. The summed E-state index contributed by atoms with van der Waals surface area (Å²) in [6.07, 6.45) is 3.06. The summed E-state index contributed by atoms with van der Waals surface area (Å²) in [6.45, 7) is 1.31. The molecule has 0 saturated carbocycles. The molecule has 1 heterocycles. The number of Topliss-reactive ketones (excluding diaryl/α,β-unsaturated/α-hetero) is 2. The highest BCUT2D eigenvalue weighted by atomic mass is 16.3. The van der Waals surface area contributed by atoms with E-state index >= 15 is 0 Å². The van der Waals surface area contributed by atoms with Crippen LogP contribution < -0.4 is 0 Å². The van der Waals surface area contributed by atoms with Gasteiger partial charge in [0.2, 0.25) is 11.6 Å². The van der Waals surface area contributed by atoms with Gasteiger partial charge >= 0.3 is 0 Å². The number of hydrogen-bond donors (Lipinski definition) is 1. The highest BCUT2D eigenvalue weighted by molar-refractivity contribution is 6.53. The van der Waals surface area contributed by atoms with Crippen molar-refractivity contribution in [2.24, 2.45) is 5.18 Å². The molecule has 2 aliphatic rings. The summed E-state index contributed by atoms with van der Waals surface area (Å²) in [5.41, 5.74) is 1.73. The van der Waals surface area contributed by atoms with Crippen LogP contribution in [0.15, 0.2) is 28.0 Å². The first kappa shape index (κ1) is 15.0. The Bertz CT molecular complexity index is 910. The van der Waals surface area contributed by atoms with Crippen LogP contribution in [0.5, 0.6) is 0 Å². The lowest BCUT2D eigenvalue weighted by molar-refractivity contribution is 0.0813. The summed E-state index contributed by atoms with van der Waals surface area (Å²) >= 11 is 0. The van der Waals surface area contributed by atoms with Crippen molar-refractivity contribution in [3.8, 4) is 11.3 Å². The molecule has 0 aliphatic heterocycles. The standard InChI is InChI=1S/C18H15NO5/c1-9-7-24-17-11-4-5-12-10(3-2-6-18(12,8-20)19-23)14(11)16(22)15(21)13(9)17/h4-5,7,20H,2-3,6,8H2,1H3. The number of ketones is 2. The zero-order valence-electron chi connectivity index (χ0n) is 13.1. The van der Waals surface area contributed by atoms with Gasteiger partial charge < -0.3 is 9.52 Å². The van der Waals surface area contributed by atoms with Crippen LogP contribution >= 0.6 is 0 Å². The van der Waals surface area contributed by atoms with Crippen molar-refractivity contribution in [1.29, 1.82) is 0 Å². The lowest BCUT2D eigenvalue weighted by atomic mass is 9.72. The van der Waals surface area contributed by atoms with Gasteiger partial charge in [-0.2, -0.15) is 0 Å². The van der Waals surface area contributed by atoms with Gasteiger partial charge in [0, 0.05) is 11.1 Å². The van der Waals surface area contributed by atoms with Crippen molar-refractivity contribution in [3.05, 3.63) is 51.1 Å². The molecule has 1 atom stereocenters. The molecule has 6 heteroatoms. The minimum atomic E-state index is -1.24. The zero-order chi connectivity index (χ0) is 17.1. The Morgan fingerprint density at radius 1 is 1.25 bits per heavy atom. The number of fused-ring (bicyclic) bond motifs is 5. The maximum absolute atomic E-state index is 12.7. The predicted octanol–water partition coefficient (Wildman–Crippen LogP) is 2.92. The SMILES string of the molecule is Cc1coc2c1C(=O)C(=O)c1c-2ccc2c1CCCC2(CO)N=O. The van der Waals surface area contributed by atoms with E-state index < -0.39 is 23.7 Å². The minimum Gasteiger partial charge on any atom is -0.463 e. The first-order valence-corrected chi connectivity index (χ1v) is 7.83. The first-order valence-electron chi connectivity index (χ1n) is 7.83. The van der Waals surface area contributed by atoms with E-state index in [1.165, 1.54) is 6.26 Å². The van der Waals surface area contributed by atoms with Crippen LogP contribution in [0.1, 0.15) is 50.2 Å². The van der Waals surface area contributed by atoms with Gasteiger partial charge in [-0.25, -0.2) is 0 Å².